The fourth-order valence-corrected chi connectivity index (χ4v) is 2.14. The molecule has 0 unspecified atom stereocenters. The molecule has 0 aromatic heterocycles. The van der Waals surface area contributed by atoms with E-state index >= 15 is 0 Å². The number of terminal acetylenes is 1. The van der Waals surface area contributed by atoms with Crippen LogP contribution < -0.4 is 14.8 Å². The molecular formula is C21H21NO3. The number of benzene rings is 2. The smallest absolute Gasteiger partial charge is 0.248 e. The summed E-state index contributed by atoms with van der Waals surface area (Å²) in [5.41, 5.74) is 1.60. The topological polar surface area (TPSA) is 47.6 Å². The summed E-state index contributed by atoms with van der Waals surface area (Å²) in [6.07, 6.45) is 9.89. The average Bonchev–Trinajstić information content (AvgIpc) is 2.64. The Morgan fingerprint density at radius 2 is 2.00 bits per heavy atom. The maximum absolute atomic E-state index is 12.0. The lowest BCUT2D eigenvalue weighted by Gasteiger charge is -2.11. The van der Waals surface area contributed by atoms with Crippen LogP contribution in [0.3, 0.4) is 0 Å². The third-order valence-corrected chi connectivity index (χ3v) is 3.38. The summed E-state index contributed by atoms with van der Waals surface area (Å²) in [7, 11) is 1.59. The van der Waals surface area contributed by atoms with Crippen molar-refractivity contribution < 1.29 is 14.3 Å². The highest BCUT2D eigenvalue weighted by atomic mass is 16.5. The number of methoxy groups -OCH3 is 1. The molecule has 0 aliphatic rings. The Morgan fingerprint density at radius 3 is 2.72 bits per heavy atom. The quantitative estimate of drug-likeness (QED) is 0.448. The molecule has 0 spiro atoms. The number of carbonyl (C=O) groups is 1. The first-order chi connectivity index (χ1) is 12.2. The Balaban J connectivity index is 2.00. The molecule has 0 saturated heterocycles. The molecule has 0 radical (unpaired) electrons. The SMILES string of the molecule is C#CCCCOc1cc(/C=C/C(=O)Nc2ccccc2)ccc1OC. The highest BCUT2D eigenvalue weighted by molar-refractivity contribution is 6.01. The number of ether oxygens (including phenoxy) is 2. The van der Waals surface area contributed by atoms with E-state index in [4.69, 9.17) is 15.9 Å². The molecule has 2 aromatic carbocycles. The largest absolute Gasteiger partial charge is 0.493 e. The summed E-state index contributed by atoms with van der Waals surface area (Å²) < 4.78 is 11.0. The van der Waals surface area contributed by atoms with E-state index in [1.807, 2.05) is 48.5 Å². The summed E-state index contributed by atoms with van der Waals surface area (Å²) in [5.74, 6) is 3.66. The summed E-state index contributed by atoms with van der Waals surface area (Å²) in [6, 6.07) is 14.8. The molecule has 1 N–H and O–H groups in total. The van der Waals surface area contributed by atoms with Crippen molar-refractivity contribution in [2.24, 2.45) is 0 Å². The number of anilines is 1. The van der Waals surface area contributed by atoms with Gasteiger partial charge in [-0.3, -0.25) is 4.79 Å². The van der Waals surface area contributed by atoms with Gasteiger partial charge >= 0.3 is 0 Å². The monoisotopic (exact) mass is 335 g/mol. The van der Waals surface area contributed by atoms with Crippen molar-refractivity contribution >= 4 is 17.7 Å². The third kappa shape index (κ3) is 6.08. The predicted molar refractivity (Wildman–Crippen MR) is 101 cm³/mol. The van der Waals surface area contributed by atoms with E-state index in [9.17, 15) is 4.79 Å². The van der Waals surface area contributed by atoms with Crippen molar-refractivity contribution in [3.63, 3.8) is 0 Å². The highest BCUT2D eigenvalue weighted by Crippen LogP contribution is 2.28. The van der Waals surface area contributed by atoms with Gasteiger partial charge in [0, 0.05) is 18.2 Å². The Morgan fingerprint density at radius 1 is 1.20 bits per heavy atom. The fraction of sp³-hybridized carbons (Fsp3) is 0.190. The molecule has 2 aromatic rings. The first kappa shape index (κ1) is 18.2. The number of para-hydroxylation sites is 1. The normalized spacial score (nSPS) is 10.2. The lowest BCUT2D eigenvalue weighted by atomic mass is 10.2. The third-order valence-electron chi connectivity index (χ3n) is 3.38. The van der Waals surface area contributed by atoms with Gasteiger partial charge in [-0.15, -0.1) is 12.3 Å². The van der Waals surface area contributed by atoms with E-state index in [2.05, 4.69) is 11.2 Å². The standard InChI is InChI=1S/C21H21NO3/c1-3-4-8-15-25-20-16-17(11-13-19(20)24-2)12-14-21(23)22-18-9-6-5-7-10-18/h1,5-7,9-14,16H,4,8,15H2,2H3,(H,22,23)/b14-12+. The van der Waals surface area contributed by atoms with E-state index in [1.54, 1.807) is 13.2 Å². The first-order valence-corrected chi connectivity index (χ1v) is 8.01. The van der Waals surface area contributed by atoms with Crippen molar-refractivity contribution in [2.75, 3.05) is 19.0 Å². The minimum atomic E-state index is -0.196. The van der Waals surface area contributed by atoms with Crippen molar-refractivity contribution in [1.82, 2.24) is 0 Å². The number of unbranched alkanes of at least 4 members (excludes halogenated alkanes) is 1. The molecule has 1 amide bonds. The molecule has 0 fully saturated rings. The van der Waals surface area contributed by atoms with Crippen molar-refractivity contribution in [3.05, 3.63) is 60.2 Å². The molecule has 0 saturated carbocycles. The van der Waals surface area contributed by atoms with Crippen LogP contribution >= 0.6 is 0 Å². The second kappa shape index (κ2) is 9.84. The Bertz CT molecular complexity index is 760. The average molecular weight is 335 g/mol. The molecule has 0 aliphatic heterocycles. The number of rotatable bonds is 8. The van der Waals surface area contributed by atoms with Crippen molar-refractivity contribution in [3.8, 4) is 23.8 Å². The summed E-state index contributed by atoms with van der Waals surface area (Å²) in [4.78, 5) is 12.0. The molecule has 4 heteroatoms. The van der Waals surface area contributed by atoms with Crippen LogP contribution in [0.15, 0.2) is 54.6 Å². The van der Waals surface area contributed by atoms with Gasteiger partial charge in [0.25, 0.3) is 0 Å². The van der Waals surface area contributed by atoms with Crippen LogP contribution in [0.25, 0.3) is 6.08 Å². The zero-order valence-corrected chi connectivity index (χ0v) is 14.2. The van der Waals surface area contributed by atoms with Crippen molar-refractivity contribution in [1.29, 1.82) is 0 Å². The highest BCUT2D eigenvalue weighted by Gasteiger charge is 2.05. The zero-order chi connectivity index (χ0) is 17.9. The molecule has 25 heavy (non-hydrogen) atoms. The second-order valence-corrected chi connectivity index (χ2v) is 5.26. The van der Waals surface area contributed by atoms with Gasteiger partial charge in [0.05, 0.1) is 13.7 Å². The van der Waals surface area contributed by atoms with Crippen LogP contribution in [0.5, 0.6) is 11.5 Å². The Kier molecular flexibility index (Phi) is 7.14. The van der Waals surface area contributed by atoms with Crippen LogP contribution in [0, 0.1) is 12.3 Å². The molecule has 2 rings (SSSR count). The van der Waals surface area contributed by atoms with Crippen LogP contribution in [-0.4, -0.2) is 19.6 Å². The van der Waals surface area contributed by atoms with Gasteiger partial charge in [-0.25, -0.2) is 0 Å². The van der Waals surface area contributed by atoms with Crippen molar-refractivity contribution in [2.45, 2.75) is 12.8 Å². The Hall–Kier alpha value is -3.19. The van der Waals surface area contributed by atoms with E-state index in [0.29, 0.717) is 24.5 Å². The van der Waals surface area contributed by atoms with Crippen LogP contribution in [0.1, 0.15) is 18.4 Å². The van der Waals surface area contributed by atoms with Gasteiger partial charge in [-0.05, 0) is 42.3 Å². The zero-order valence-electron chi connectivity index (χ0n) is 14.2. The summed E-state index contributed by atoms with van der Waals surface area (Å²) in [6.45, 7) is 0.516. The van der Waals surface area contributed by atoms with Gasteiger partial charge in [0.1, 0.15) is 0 Å². The van der Waals surface area contributed by atoms with Gasteiger partial charge in [0.15, 0.2) is 11.5 Å². The van der Waals surface area contributed by atoms with E-state index in [1.165, 1.54) is 6.08 Å². The molecular weight excluding hydrogens is 314 g/mol. The second-order valence-electron chi connectivity index (χ2n) is 5.26. The molecule has 0 bridgehead atoms. The van der Waals surface area contributed by atoms with Crippen LogP contribution in [-0.2, 0) is 4.79 Å². The summed E-state index contributed by atoms with van der Waals surface area (Å²) in [5, 5.41) is 2.80. The number of amides is 1. The Labute approximate surface area is 148 Å². The first-order valence-electron chi connectivity index (χ1n) is 8.01. The fourth-order valence-electron chi connectivity index (χ4n) is 2.14. The minimum absolute atomic E-state index is 0.196. The van der Waals surface area contributed by atoms with Crippen LogP contribution in [0.4, 0.5) is 5.69 Å². The molecule has 0 heterocycles. The van der Waals surface area contributed by atoms with Gasteiger partial charge < -0.3 is 14.8 Å². The molecule has 128 valence electrons. The van der Waals surface area contributed by atoms with Gasteiger partial charge in [-0.1, -0.05) is 24.3 Å². The minimum Gasteiger partial charge on any atom is -0.493 e. The summed E-state index contributed by atoms with van der Waals surface area (Å²) >= 11 is 0. The number of nitrogens with one attached hydrogen (secondary N) is 1. The molecule has 4 nitrogen and oxygen atoms in total. The molecule has 0 atom stereocenters. The number of hydrogen-bond donors (Lipinski definition) is 1. The lowest BCUT2D eigenvalue weighted by molar-refractivity contribution is -0.111. The number of carbonyl (C=O) groups excluding carboxylic acids is 1. The van der Waals surface area contributed by atoms with Crippen LogP contribution in [0.2, 0.25) is 0 Å². The lowest BCUT2D eigenvalue weighted by Crippen LogP contribution is -2.07. The predicted octanol–water partition coefficient (Wildman–Crippen LogP) is 4.14. The van der Waals surface area contributed by atoms with Gasteiger partial charge in [0.2, 0.25) is 5.91 Å². The van der Waals surface area contributed by atoms with E-state index in [0.717, 1.165) is 17.7 Å². The maximum atomic E-state index is 12.0. The van der Waals surface area contributed by atoms with Gasteiger partial charge in [-0.2, -0.15) is 0 Å². The maximum Gasteiger partial charge on any atom is 0.248 e. The number of hydrogen-bond acceptors (Lipinski definition) is 3. The van der Waals surface area contributed by atoms with E-state index in [-0.39, 0.29) is 5.91 Å². The molecule has 0 aliphatic carbocycles. The van der Waals surface area contributed by atoms with E-state index < -0.39 is 0 Å².